The molecule has 0 spiro atoms. The number of methoxy groups -OCH3 is 1. The number of rotatable bonds is 8. The predicted molar refractivity (Wildman–Crippen MR) is 118 cm³/mol. The van der Waals surface area contributed by atoms with Gasteiger partial charge in [0, 0.05) is 18.8 Å². The summed E-state index contributed by atoms with van der Waals surface area (Å²) < 4.78 is 13.1. The molecule has 30 heavy (non-hydrogen) atoms. The van der Waals surface area contributed by atoms with Gasteiger partial charge in [-0.3, -0.25) is 4.79 Å². The first-order valence-electron chi connectivity index (χ1n) is 9.56. The number of hydrogen-bond donors (Lipinski definition) is 1. The van der Waals surface area contributed by atoms with Crippen molar-refractivity contribution in [1.29, 1.82) is 0 Å². The van der Waals surface area contributed by atoms with Gasteiger partial charge >= 0.3 is 0 Å². The van der Waals surface area contributed by atoms with E-state index in [1.165, 1.54) is 11.8 Å². The van der Waals surface area contributed by atoms with Gasteiger partial charge in [-0.2, -0.15) is 0 Å². The van der Waals surface area contributed by atoms with Crippen LogP contribution in [0.2, 0.25) is 0 Å². The van der Waals surface area contributed by atoms with Gasteiger partial charge in [0.05, 0.1) is 12.9 Å². The fourth-order valence-corrected chi connectivity index (χ4v) is 3.81. The third-order valence-electron chi connectivity index (χ3n) is 4.43. The molecule has 3 aromatic rings. The minimum atomic E-state index is -0.274. The van der Waals surface area contributed by atoms with Crippen LogP contribution in [0.4, 0.5) is 5.69 Å². The maximum Gasteiger partial charge on any atom is 0.234 e. The molecule has 1 N–H and O–H groups in total. The van der Waals surface area contributed by atoms with Gasteiger partial charge in [-0.25, -0.2) is 0 Å². The van der Waals surface area contributed by atoms with E-state index in [-0.39, 0.29) is 17.8 Å². The first-order chi connectivity index (χ1) is 14.4. The van der Waals surface area contributed by atoms with Crippen LogP contribution < -0.4 is 14.8 Å². The molecule has 1 unspecified atom stereocenters. The summed E-state index contributed by atoms with van der Waals surface area (Å²) in [5.74, 6) is 2.28. The molecule has 1 heterocycles. The first kappa shape index (κ1) is 21.7. The van der Waals surface area contributed by atoms with Gasteiger partial charge < -0.3 is 19.4 Å². The second-order valence-corrected chi connectivity index (χ2v) is 7.99. The van der Waals surface area contributed by atoms with Crippen LogP contribution >= 0.6 is 11.8 Å². The Morgan fingerprint density at radius 1 is 1.13 bits per heavy atom. The number of aryl methyl sites for hydroxylation is 2. The summed E-state index contributed by atoms with van der Waals surface area (Å²) in [7, 11) is 3.46. The molecule has 1 aromatic heterocycles. The Balaban J connectivity index is 1.59. The summed E-state index contributed by atoms with van der Waals surface area (Å²) in [6, 6.07) is 13.3. The van der Waals surface area contributed by atoms with E-state index in [0.717, 1.165) is 16.9 Å². The van der Waals surface area contributed by atoms with Crippen LogP contribution in [-0.2, 0) is 11.8 Å². The average molecular weight is 427 g/mol. The smallest absolute Gasteiger partial charge is 0.234 e. The quantitative estimate of drug-likeness (QED) is 0.541. The van der Waals surface area contributed by atoms with Crippen LogP contribution in [0, 0.1) is 13.8 Å². The number of hydrogen-bond acceptors (Lipinski definition) is 6. The Hall–Kier alpha value is -3.00. The van der Waals surface area contributed by atoms with Crippen molar-refractivity contribution in [3.63, 3.8) is 0 Å². The van der Waals surface area contributed by atoms with Crippen molar-refractivity contribution in [2.75, 3.05) is 18.2 Å². The summed E-state index contributed by atoms with van der Waals surface area (Å²) in [6.07, 6.45) is -0.274. The minimum absolute atomic E-state index is 0.127. The lowest BCUT2D eigenvalue weighted by atomic mass is 10.1. The zero-order valence-electron chi connectivity index (χ0n) is 17.8. The summed E-state index contributed by atoms with van der Waals surface area (Å²) in [5, 5.41) is 12.0. The number of benzene rings is 2. The number of nitrogens with one attached hydrogen (secondary N) is 1. The van der Waals surface area contributed by atoms with Crippen molar-refractivity contribution in [2.45, 2.75) is 32.0 Å². The Morgan fingerprint density at radius 2 is 1.87 bits per heavy atom. The third-order valence-corrected chi connectivity index (χ3v) is 5.45. The first-order valence-corrected chi connectivity index (χ1v) is 10.5. The van der Waals surface area contributed by atoms with Gasteiger partial charge in [0.25, 0.3) is 0 Å². The van der Waals surface area contributed by atoms with E-state index >= 15 is 0 Å². The van der Waals surface area contributed by atoms with E-state index in [0.29, 0.717) is 22.4 Å². The largest absolute Gasteiger partial charge is 0.497 e. The molecule has 8 heteroatoms. The molecule has 2 aromatic carbocycles. The van der Waals surface area contributed by atoms with Crippen molar-refractivity contribution in [2.24, 2.45) is 7.05 Å². The van der Waals surface area contributed by atoms with E-state index < -0.39 is 0 Å². The molecule has 0 saturated heterocycles. The van der Waals surface area contributed by atoms with E-state index in [2.05, 4.69) is 21.6 Å². The molecule has 0 saturated carbocycles. The molecule has 1 amide bonds. The van der Waals surface area contributed by atoms with Crippen molar-refractivity contribution in [3.8, 4) is 11.5 Å². The number of carbonyl (C=O) groups is 1. The number of aromatic nitrogens is 3. The molecule has 1 atom stereocenters. The maximum atomic E-state index is 12.3. The molecular weight excluding hydrogens is 400 g/mol. The number of anilines is 1. The predicted octanol–water partition coefficient (Wildman–Crippen LogP) is 4.31. The molecule has 0 aliphatic carbocycles. The van der Waals surface area contributed by atoms with E-state index in [1.54, 1.807) is 13.2 Å². The number of thioether (sulfide) groups is 1. The Kier molecular flexibility index (Phi) is 6.99. The van der Waals surface area contributed by atoms with Gasteiger partial charge in [-0.05, 0) is 56.2 Å². The molecule has 0 fully saturated rings. The highest BCUT2D eigenvalue weighted by atomic mass is 32.2. The van der Waals surface area contributed by atoms with Gasteiger partial charge in [-0.15, -0.1) is 10.2 Å². The normalized spacial score (nSPS) is 11.8. The maximum absolute atomic E-state index is 12.3. The second-order valence-electron chi connectivity index (χ2n) is 7.05. The third kappa shape index (κ3) is 5.54. The Morgan fingerprint density at radius 3 is 2.57 bits per heavy atom. The van der Waals surface area contributed by atoms with Crippen LogP contribution in [0.5, 0.6) is 11.5 Å². The summed E-state index contributed by atoms with van der Waals surface area (Å²) >= 11 is 1.32. The van der Waals surface area contributed by atoms with E-state index in [1.807, 2.05) is 62.7 Å². The zero-order valence-corrected chi connectivity index (χ0v) is 18.6. The Labute approximate surface area is 180 Å². The van der Waals surface area contributed by atoms with Crippen molar-refractivity contribution in [3.05, 3.63) is 59.4 Å². The lowest BCUT2D eigenvalue weighted by Gasteiger charge is -2.15. The van der Waals surface area contributed by atoms with E-state index in [9.17, 15) is 4.79 Å². The lowest BCUT2D eigenvalue weighted by Crippen LogP contribution is -2.15. The standard InChI is InChI=1S/C22H26N4O3S/c1-14-9-15(2)11-19(10-14)29-16(3)21-24-25-22(26(21)4)30-13-20(27)23-17-7-6-8-18(12-17)28-5/h6-12,16H,13H2,1-5H3,(H,23,27). The SMILES string of the molecule is COc1cccc(NC(=O)CSc2nnc(C(C)Oc3cc(C)cc(C)c3)n2C)c1. The fraction of sp³-hybridized carbons (Fsp3) is 0.318. The summed E-state index contributed by atoms with van der Waals surface area (Å²) in [4.78, 5) is 12.3. The van der Waals surface area contributed by atoms with Crippen LogP contribution in [0.25, 0.3) is 0 Å². The molecule has 3 rings (SSSR count). The number of ether oxygens (including phenoxy) is 2. The monoisotopic (exact) mass is 426 g/mol. The van der Waals surface area contributed by atoms with Crippen LogP contribution in [0.3, 0.4) is 0 Å². The molecule has 0 radical (unpaired) electrons. The van der Waals surface area contributed by atoms with Gasteiger partial charge in [0.1, 0.15) is 11.5 Å². The zero-order chi connectivity index (χ0) is 21.7. The topological polar surface area (TPSA) is 78.3 Å². The molecule has 158 valence electrons. The highest BCUT2D eigenvalue weighted by Crippen LogP contribution is 2.25. The van der Waals surface area contributed by atoms with Crippen LogP contribution in [-0.4, -0.2) is 33.5 Å². The van der Waals surface area contributed by atoms with Crippen molar-refractivity contribution in [1.82, 2.24) is 14.8 Å². The van der Waals surface area contributed by atoms with E-state index in [4.69, 9.17) is 9.47 Å². The van der Waals surface area contributed by atoms with Gasteiger partial charge in [0.15, 0.2) is 17.1 Å². The van der Waals surface area contributed by atoms with Crippen molar-refractivity contribution >= 4 is 23.4 Å². The number of nitrogens with zero attached hydrogens (tertiary/aromatic N) is 3. The fourth-order valence-electron chi connectivity index (χ4n) is 3.09. The van der Waals surface area contributed by atoms with Crippen LogP contribution in [0.15, 0.2) is 47.6 Å². The molecule has 0 aliphatic heterocycles. The average Bonchev–Trinajstić information content (AvgIpc) is 3.06. The molecule has 0 aliphatic rings. The number of amides is 1. The number of carbonyl (C=O) groups excluding carboxylic acids is 1. The molecule has 0 bridgehead atoms. The summed E-state index contributed by atoms with van der Waals surface area (Å²) in [6.45, 7) is 6.02. The highest BCUT2D eigenvalue weighted by molar-refractivity contribution is 7.99. The minimum Gasteiger partial charge on any atom is -0.497 e. The molecule has 7 nitrogen and oxygen atoms in total. The highest BCUT2D eigenvalue weighted by Gasteiger charge is 2.18. The lowest BCUT2D eigenvalue weighted by molar-refractivity contribution is -0.113. The van der Waals surface area contributed by atoms with Gasteiger partial charge in [-0.1, -0.05) is 23.9 Å². The van der Waals surface area contributed by atoms with Crippen LogP contribution in [0.1, 0.15) is 30.0 Å². The van der Waals surface area contributed by atoms with Gasteiger partial charge in [0.2, 0.25) is 5.91 Å². The molecular formula is C22H26N4O3S. The summed E-state index contributed by atoms with van der Waals surface area (Å²) in [5.41, 5.74) is 2.98. The van der Waals surface area contributed by atoms with Crippen molar-refractivity contribution < 1.29 is 14.3 Å². The second kappa shape index (κ2) is 9.67. The Bertz CT molecular complexity index is 1010.